The van der Waals surface area contributed by atoms with Gasteiger partial charge in [0.25, 0.3) is 0 Å². The summed E-state index contributed by atoms with van der Waals surface area (Å²) in [6, 6.07) is 6.15. The maximum Gasteiger partial charge on any atom is 0.335 e. The first kappa shape index (κ1) is 13.7. The van der Waals surface area contributed by atoms with E-state index in [4.69, 9.17) is 5.11 Å². The Morgan fingerprint density at radius 3 is 2.25 bits per heavy atom. The highest BCUT2D eigenvalue weighted by Gasteiger charge is 2.23. The summed E-state index contributed by atoms with van der Waals surface area (Å²) >= 11 is 0. The average molecular weight is 271 g/mol. The third-order valence-electron chi connectivity index (χ3n) is 2.94. The Balaban J connectivity index is 2.38. The van der Waals surface area contributed by atoms with Crippen LogP contribution in [-0.4, -0.2) is 27.7 Å². The Labute approximate surface area is 115 Å². The standard InChI is InChI=1S/C15H13NO4/c1-8-13(9(2)17)14(18)12(16-8)7-10-3-5-11(6-4-10)15(19)20/h3-7,18H,1-2H3,(H,19,20)/b12-7+. The van der Waals surface area contributed by atoms with Crippen LogP contribution in [-0.2, 0) is 4.79 Å². The fraction of sp³-hybridized carbons (Fsp3) is 0.133. The smallest absolute Gasteiger partial charge is 0.335 e. The number of aliphatic imine (C=N–C) groups is 1. The molecule has 1 aliphatic rings. The van der Waals surface area contributed by atoms with Gasteiger partial charge < -0.3 is 10.2 Å². The largest absolute Gasteiger partial charge is 0.505 e. The van der Waals surface area contributed by atoms with E-state index in [1.165, 1.54) is 19.1 Å². The Bertz CT molecular complexity index is 678. The Hall–Kier alpha value is -2.69. The summed E-state index contributed by atoms with van der Waals surface area (Å²) in [5.74, 6) is -1.38. The molecule has 2 rings (SSSR count). The molecule has 0 amide bonds. The lowest BCUT2D eigenvalue weighted by molar-refractivity contribution is -0.113. The zero-order chi connectivity index (χ0) is 14.9. The number of aromatic carboxylic acids is 1. The minimum Gasteiger partial charge on any atom is -0.505 e. The van der Waals surface area contributed by atoms with Gasteiger partial charge in [0.1, 0.15) is 5.70 Å². The number of carbonyl (C=O) groups is 2. The molecule has 1 heterocycles. The highest BCUT2D eigenvalue weighted by Crippen LogP contribution is 2.26. The molecule has 0 saturated carbocycles. The van der Waals surface area contributed by atoms with E-state index in [9.17, 15) is 14.7 Å². The molecule has 0 unspecified atom stereocenters. The van der Waals surface area contributed by atoms with Crippen molar-refractivity contribution in [3.8, 4) is 0 Å². The van der Waals surface area contributed by atoms with Gasteiger partial charge in [-0.2, -0.15) is 0 Å². The maximum atomic E-state index is 11.4. The zero-order valence-corrected chi connectivity index (χ0v) is 11.0. The molecule has 5 heteroatoms. The molecule has 0 aromatic heterocycles. The molecule has 2 N–H and O–H groups in total. The number of carboxylic acids is 1. The first-order valence-corrected chi connectivity index (χ1v) is 5.95. The van der Waals surface area contributed by atoms with E-state index in [0.29, 0.717) is 17.0 Å². The van der Waals surface area contributed by atoms with Gasteiger partial charge >= 0.3 is 5.97 Å². The predicted octanol–water partition coefficient (Wildman–Crippen LogP) is 2.60. The quantitative estimate of drug-likeness (QED) is 0.884. The van der Waals surface area contributed by atoms with E-state index < -0.39 is 5.97 Å². The van der Waals surface area contributed by atoms with Gasteiger partial charge in [0, 0.05) is 0 Å². The normalized spacial score (nSPS) is 16.5. The number of nitrogens with zero attached hydrogens (tertiary/aromatic N) is 1. The first-order valence-electron chi connectivity index (χ1n) is 5.95. The van der Waals surface area contributed by atoms with Crippen LogP contribution in [0.25, 0.3) is 6.08 Å². The molecule has 0 fully saturated rings. The topological polar surface area (TPSA) is 87.0 Å². The summed E-state index contributed by atoms with van der Waals surface area (Å²) in [5, 5.41) is 18.8. The number of aliphatic hydroxyl groups is 1. The van der Waals surface area contributed by atoms with Crippen LogP contribution in [0.4, 0.5) is 0 Å². The van der Waals surface area contributed by atoms with Crippen LogP contribution in [0.5, 0.6) is 0 Å². The van der Waals surface area contributed by atoms with Crippen LogP contribution in [0.3, 0.4) is 0 Å². The second-order valence-corrected chi connectivity index (χ2v) is 4.43. The third-order valence-corrected chi connectivity index (χ3v) is 2.94. The molecule has 0 spiro atoms. The van der Waals surface area contributed by atoms with Crippen molar-refractivity contribution in [3.05, 3.63) is 52.4 Å². The summed E-state index contributed by atoms with van der Waals surface area (Å²) in [5.41, 5.74) is 1.87. The van der Waals surface area contributed by atoms with Gasteiger partial charge in [0.15, 0.2) is 11.5 Å². The molecule has 102 valence electrons. The highest BCUT2D eigenvalue weighted by molar-refractivity contribution is 6.23. The van der Waals surface area contributed by atoms with Gasteiger partial charge in [-0.05, 0) is 37.6 Å². The Kier molecular flexibility index (Phi) is 3.52. The number of benzene rings is 1. The van der Waals surface area contributed by atoms with Crippen molar-refractivity contribution in [1.82, 2.24) is 0 Å². The number of ketones is 1. The molecule has 5 nitrogen and oxygen atoms in total. The molecule has 20 heavy (non-hydrogen) atoms. The van der Waals surface area contributed by atoms with Crippen LogP contribution in [0.2, 0.25) is 0 Å². The SMILES string of the molecule is CC(=O)C1=C(O)/C(=C\c2ccc(C(=O)O)cc2)N=C1C. The molecule has 1 aromatic carbocycles. The molecule has 0 radical (unpaired) electrons. The number of Topliss-reactive ketones (excluding diaryl/α,β-unsaturated/α-hetero) is 1. The molecular weight excluding hydrogens is 258 g/mol. The molecule has 1 aromatic rings. The number of aliphatic hydroxyl groups excluding tert-OH is 1. The number of allylic oxidation sites excluding steroid dienone is 1. The zero-order valence-electron chi connectivity index (χ0n) is 11.0. The highest BCUT2D eigenvalue weighted by atomic mass is 16.4. The van der Waals surface area contributed by atoms with Crippen molar-refractivity contribution in [2.24, 2.45) is 4.99 Å². The molecule has 0 saturated heterocycles. The van der Waals surface area contributed by atoms with Crippen molar-refractivity contribution < 1.29 is 19.8 Å². The lowest BCUT2D eigenvalue weighted by Crippen LogP contribution is -2.05. The molecule has 1 aliphatic heterocycles. The van der Waals surface area contributed by atoms with Crippen molar-refractivity contribution in [3.63, 3.8) is 0 Å². The van der Waals surface area contributed by atoms with Gasteiger partial charge in [0.05, 0.1) is 16.8 Å². The summed E-state index contributed by atoms with van der Waals surface area (Å²) in [6.45, 7) is 3.02. The van der Waals surface area contributed by atoms with Crippen molar-refractivity contribution in [2.75, 3.05) is 0 Å². The first-order chi connectivity index (χ1) is 9.40. The number of hydrogen-bond donors (Lipinski definition) is 2. The average Bonchev–Trinajstić information content (AvgIpc) is 2.65. The maximum absolute atomic E-state index is 11.4. The van der Waals surface area contributed by atoms with Gasteiger partial charge in [-0.1, -0.05) is 12.1 Å². The van der Waals surface area contributed by atoms with E-state index in [1.807, 2.05) is 0 Å². The van der Waals surface area contributed by atoms with Crippen molar-refractivity contribution in [2.45, 2.75) is 13.8 Å². The molecular formula is C15H13NO4. The molecule has 0 aliphatic carbocycles. The fourth-order valence-electron chi connectivity index (χ4n) is 1.99. The van der Waals surface area contributed by atoms with Gasteiger partial charge in [0.2, 0.25) is 0 Å². The van der Waals surface area contributed by atoms with Gasteiger partial charge in [-0.3, -0.25) is 4.79 Å². The van der Waals surface area contributed by atoms with Crippen LogP contribution in [0.15, 0.2) is 46.3 Å². The third kappa shape index (κ3) is 2.51. The lowest BCUT2D eigenvalue weighted by Gasteiger charge is -1.99. The van der Waals surface area contributed by atoms with E-state index in [0.717, 1.165) is 0 Å². The number of carbonyl (C=O) groups excluding carboxylic acids is 1. The van der Waals surface area contributed by atoms with Crippen LogP contribution in [0, 0.1) is 0 Å². The van der Waals surface area contributed by atoms with Crippen LogP contribution in [0.1, 0.15) is 29.8 Å². The summed E-state index contributed by atoms with van der Waals surface area (Å²) in [7, 11) is 0. The van der Waals surface area contributed by atoms with Crippen molar-refractivity contribution >= 4 is 23.5 Å². The Morgan fingerprint density at radius 2 is 1.80 bits per heavy atom. The fourth-order valence-corrected chi connectivity index (χ4v) is 1.99. The predicted molar refractivity (Wildman–Crippen MR) is 74.8 cm³/mol. The second-order valence-electron chi connectivity index (χ2n) is 4.43. The van der Waals surface area contributed by atoms with Crippen LogP contribution >= 0.6 is 0 Å². The molecule has 0 bridgehead atoms. The van der Waals surface area contributed by atoms with E-state index >= 15 is 0 Å². The van der Waals surface area contributed by atoms with E-state index in [-0.39, 0.29) is 22.7 Å². The Morgan fingerprint density at radius 1 is 1.20 bits per heavy atom. The molecule has 0 atom stereocenters. The van der Waals surface area contributed by atoms with Gasteiger partial charge in [-0.25, -0.2) is 9.79 Å². The summed E-state index contributed by atoms with van der Waals surface area (Å²) in [6.07, 6.45) is 1.60. The van der Waals surface area contributed by atoms with Crippen LogP contribution < -0.4 is 0 Å². The number of rotatable bonds is 3. The monoisotopic (exact) mass is 271 g/mol. The second kappa shape index (κ2) is 5.13. The van der Waals surface area contributed by atoms with E-state index in [2.05, 4.69) is 4.99 Å². The summed E-state index contributed by atoms with van der Waals surface area (Å²) < 4.78 is 0. The van der Waals surface area contributed by atoms with Gasteiger partial charge in [-0.15, -0.1) is 0 Å². The lowest BCUT2D eigenvalue weighted by atomic mass is 10.1. The van der Waals surface area contributed by atoms with E-state index in [1.54, 1.807) is 25.1 Å². The number of hydrogen-bond acceptors (Lipinski definition) is 4. The minimum absolute atomic E-state index is 0.141. The van der Waals surface area contributed by atoms with Crippen molar-refractivity contribution in [1.29, 1.82) is 0 Å². The minimum atomic E-state index is -0.999. The number of carboxylic acid groups (broad SMARTS) is 1. The summed E-state index contributed by atoms with van der Waals surface area (Å²) in [4.78, 5) is 26.3.